The number of nitrogens with one attached hydrogen (secondary N) is 1. The third-order valence-corrected chi connectivity index (χ3v) is 3.81. The summed E-state index contributed by atoms with van der Waals surface area (Å²) in [7, 11) is 0. The summed E-state index contributed by atoms with van der Waals surface area (Å²) in [6.07, 6.45) is 0. The van der Waals surface area contributed by atoms with E-state index in [9.17, 15) is 9.18 Å². The molecule has 0 unspecified atom stereocenters. The first kappa shape index (κ1) is 13.8. The number of carbonyl (C=O) groups excluding carboxylic acids is 1. The molecule has 0 bridgehead atoms. The average Bonchev–Trinajstić information content (AvgIpc) is 2.67. The van der Waals surface area contributed by atoms with E-state index in [-0.39, 0.29) is 17.5 Å². The molecule has 2 aromatic rings. The third-order valence-electron chi connectivity index (χ3n) is 2.47. The average molecular weight is 300 g/mol. The predicted molar refractivity (Wildman–Crippen MR) is 73.8 cm³/mol. The standard InChI is InChI=1S/C12H11ClFN3OS/c1-6-10(19-12(15)17-6)11(18)16-5-7-2-3-8(14)4-9(7)13/h2-4H,5H2,1H3,(H2,15,17)(H,16,18). The van der Waals surface area contributed by atoms with E-state index in [2.05, 4.69) is 10.3 Å². The SMILES string of the molecule is Cc1nc(N)sc1C(=O)NCc1ccc(F)cc1Cl. The molecular formula is C12H11ClFN3OS. The molecule has 0 radical (unpaired) electrons. The second kappa shape index (κ2) is 5.54. The lowest BCUT2D eigenvalue weighted by Gasteiger charge is -2.06. The van der Waals surface area contributed by atoms with Crippen molar-refractivity contribution in [2.75, 3.05) is 5.73 Å². The van der Waals surface area contributed by atoms with Crippen molar-refractivity contribution in [2.24, 2.45) is 0 Å². The van der Waals surface area contributed by atoms with Crippen molar-refractivity contribution < 1.29 is 9.18 Å². The molecule has 0 saturated carbocycles. The zero-order valence-electron chi connectivity index (χ0n) is 10.0. The van der Waals surface area contributed by atoms with Crippen LogP contribution in [0.1, 0.15) is 20.9 Å². The van der Waals surface area contributed by atoms with Crippen LogP contribution in [-0.2, 0) is 6.54 Å². The number of thiazole rings is 1. The smallest absolute Gasteiger partial charge is 0.263 e. The van der Waals surface area contributed by atoms with E-state index in [1.54, 1.807) is 6.92 Å². The Balaban J connectivity index is 2.06. The lowest BCUT2D eigenvalue weighted by Crippen LogP contribution is -2.22. The second-order valence-electron chi connectivity index (χ2n) is 3.89. The van der Waals surface area contributed by atoms with Gasteiger partial charge < -0.3 is 11.1 Å². The minimum Gasteiger partial charge on any atom is -0.375 e. The quantitative estimate of drug-likeness (QED) is 0.915. The van der Waals surface area contributed by atoms with Gasteiger partial charge in [-0.3, -0.25) is 4.79 Å². The normalized spacial score (nSPS) is 10.5. The Kier molecular flexibility index (Phi) is 4.01. The molecular weight excluding hydrogens is 289 g/mol. The Morgan fingerprint density at radius 2 is 2.32 bits per heavy atom. The Labute approximate surface area is 118 Å². The van der Waals surface area contributed by atoms with Gasteiger partial charge in [-0.05, 0) is 24.6 Å². The van der Waals surface area contributed by atoms with Crippen LogP contribution < -0.4 is 11.1 Å². The van der Waals surface area contributed by atoms with Gasteiger partial charge >= 0.3 is 0 Å². The molecule has 0 atom stereocenters. The van der Waals surface area contributed by atoms with Crippen molar-refractivity contribution in [3.8, 4) is 0 Å². The summed E-state index contributed by atoms with van der Waals surface area (Å²) in [6.45, 7) is 1.93. The number of halogens is 2. The highest BCUT2D eigenvalue weighted by Crippen LogP contribution is 2.20. The number of benzene rings is 1. The summed E-state index contributed by atoms with van der Waals surface area (Å²) in [6, 6.07) is 4.04. The van der Waals surface area contributed by atoms with Gasteiger partial charge in [0.1, 0.15) is 10.7 Å². The monoisotopic (exact) mass is 299 g/mol. The Hall–Kier alpha value is -1.66. The third kappa shape index (κ3) is 3.21. The zero-order valence-corrected chi connectivity index (χ0v) is 11.6. The van der Waals surface area contributed by atoms with Crippen LogP contribution in [0.25, 0.3) is 0 Å². The molecule has 1 aromatic carbocycles. The summed E-state index contributed by atoms with van der Waals surface area (Å²) in [5, 5.41) is 3.33. The maximum absolute atomic E-state index is 12.9. The van der Waals surface area contributed by atoms with Gasteiger partial charge in [0.15, 0.2) is 5.13 Å². The van der Waals surface area contributed by atoms with E-state index in [0.29, 0.717) is 21.3 Å². The molecule has 1 amide bonds. The van der Waals surface area contributed by atoms with Crippen molar-refractivity contribution in [3.63, 3.8) is 0 Å². The molecule has 0 spiro atoms. The molecule has 7 heteroatoms. The summed E-state index contributed by atoms with van der Waals surface area (Å²) in [5.74, 6) is -0.682. The van der Waals surface area contributed by atoms with Crippen LogP contribution in [-0.4, -0.2) is 10.9 Å². The molecule has 1 heterocycles. The maximum Gasteiger partial charge on any atom is 0.263 e. The molecule has 0 fully saturated rings. The second-order valence-corrected chi connectivity index (χ2v) is 5.32. The first-order valence-corrected chi connectivity index (χ1v) is 6.62. The Morgan fingerprint density at radius 3 is 2.89 bits per heavy atom. The molecule has 3 N–H and O–H groups in total. The minimum absolute atomic E-state index is 0.217. The highest BCUT2D eigenvalue weighted by Gasteiger charge is 2.14. The number of amides is 1. The fraction of sp³-hybridized carbons (Fsp3) is 0.167. The van der Waals surface area contributed by atoms with Crippen molar-refractivity contribution in [1.29, 1.82) is 0 Å². The van der Waals surface area contributed by atoms with Gasteiger partial charge in [-0.2, -0.15) is 0 Å². The fourth-order valence-electron chi connectivity index (χ4n) is 1.55. The van der Waals surface area contributed by atoms with Gasteiger partial charge in [-0.25, -0.2) is 9.37 Å². The van der Waals surface area contributed by atoms with Crippen LogP contribution >= 0.6 is 22.9 Å². The number of nitrogen functional groups attached to an aromatic ring is 1. The number of nitrogens with two attached hydrogens (primary N) is 1. The van der Waals surface area contributed by atoms with Gasteiger partial charge in [-0.15, -0.1) is 0 Å². The van der Waals surface area contributed by atoms with Gasteiger partial charge in [0.05, 0.1) is 5.69 Å². The topological polar surface area (TPSA) is 68.0 Å². The molecule has 19 heavy (non-hydrogen) atoms. The summed E-state index contributed by atoms with van der Waals surface area (Å²) >= 11 is 7.00. The number of hydrogen-bond donors (Lipinski definition) is 2. The molecule has 2 rings (SSSR count). The largest absolute Gasteiger partial charge is 0.375 e. The van der Waals surface area contributed by atoms with Gasteiger partial charge in [0.25, 0.3) is 5.91 Å². The first-order chi connectivity index (χ1) is 8.97. The maximum atomic E-state index is 12.9. The minimum atomic E-state index is -0.411. The highest BCUT2D eigenvalue weighted by atomic mass is 35.5. The number of anilines is 1. The molecule has 0 aliphatic rings. The number of nitrogens with zero attached hydrogens (tertiary/aromatic N) is 1. The van der Waals surface area contributed by atoms with E-state index in [4.69, 9.17) is 17.3 Å². The number of aryl methyl sites for hydroxylation is 1. The van der Waals surface area contributed by atoms with E-state index in [0.717, 1.165) is 11.3 Å². The predicted octanol–water partition coefficient (Wildman–Crippen LogP) is 2.76. The zero-order chi connectivity index (χ0) is 14.0. The van der Waals surface area contributed by atoms with E-state index in [1.165, 1.54) is 18.2 Å². The summed E-state index contributed by atoms with van der Waals surface area (Å²) in [4.78, 5) is 16.4. The highest BCUT2D eigenvalue weighted by molar-refractivity contribution is 7.17. The number of carbonyl (C=O) groups is 1. The van der Waals surface area contributed by atoms with Crippen LogP contribution in [0.15, 0.2) is 18.2 Å². The van der Waals surface area contributed by atoms with Crippen molar-refractivity contribution in [3.05, 3.63) is 45.2 Å². The van der Waals surface area contributed by atoms with Crippen LogP contribution in [0, 0.1) is 12.7 Å². The lowest BCUT2D eigenvalue weighted by molar-refractivity contribution is 0.0954. The van der Waals surface area contributed by atoms with Crippen LogP contribution in [0.3, 0.4) is 0 Å². The van der Waals surface area contributed by atoms with Crippen molar-refractivity contribution >= 4 is 34.0 Å². The number of rotatable bonds is 3. The first-order valence-electron chi connectivity index (χ1n) is 5.42. The van der Waals surface area contributed by atoms with Crippen molar-refractivity contribution in [2.45, 2.75) is 13.5 Å². The molecule has 0 saturated heterocycles. The fourth-order valence-corrected chi connectivity index (χ4v) is 2.53. The Morgan fingerprint density at radius 1 is 1.58 bits per heavy atom. The van der Waals surface area contributed by atoms with Crippen LogP contribution in [0.5, 0.6) is 0 Å². The van der Waals surface area contributed by atoms with E-state index >= 15 is 0 Å². The Bertz CT molecular complexity index is 629. The molecule has 4 nitrogen and oxygen atoms in total. The molecule has 1 aromatic heterocycles. The van der Waals surface area contributed by atoms with Crippen LogP contribution in [0.2, 0.25) is 5.02 Å². The molecule has 0 aliphatic carbocycles. The van der Waals surface area contributed by atoms with Gasteiger partial charge in [0, 0.05) is 11.6 Å². The van der Waals surface area contributed by atoms with Crippen molar-refractivity contribution in [1.82, 2.24) is 10.3 Å². The van der Waals surface area contributed by atoms with Gasteiger partial charge in [-0.1, -0.05) is 29.0 Å². The number of aromatic nitrogens is 1. The summed E-state index contributed by atoms with van der Waals surface area (Å²) < 4.78 is 12.9. The molecule has 100 valence electrons. The summed E-state index contributed by atoms with van der Waals surface area (Å²) in [5.41, 5.74) is 6.76. The molecule has 0 aliphatic heterocycles. The lowest BCUT2D eigenvalue weighted by atomic mass is 10.2. The van der Waals surface area contributed by atoms with Crippen LogP contribution in [0.4, 0.5) is 9.52 Å². The van der Waals surface area contributed by atoms with E-state index < -0.39 is 5.82 Å². The van der Waals surface area contributed by atoms with Gasteiger partial charge in [0.2, 0.25) is 0 Å². The number of hydrogen-bond acceptors (Lipinski definition) is 4. The van der Waals surface area contributed by atoms with E-state index in [1.807, 2.05) is 0 Å².